The summed E-state index contributed by atoms with van der Waals surface area (Å²) in [5.74, 6) is 0.579. The molecule has 5 heteroatoms. The van der Waals surface area contributed by atoms with Crippen LogP contribution in [0, 0.1) is 0 Å². The van der Waals surface area contributed by atoms with Crippen LogP contribution in [0.5, 0.6) is 0 Å². The molecule has 0 N–H and O–H groups in total. The zero-order valence-corrected chi connectivity index (χ0v) is 9.42. The second-order valence-corrected chi connectivity index (χ2v) is 3.31. The van der Waals surface area contributed by atoms with Crippen molar-refractivity contribution in [2.24, 2.45) is 0 Å². The van der Waals surface area contributed by atoms with Crippen LogP contribution in [0.2, 0.25) is 0 Å². The van der Waals surface area contributed by atoms with Gasteiger partial charge in [0, 0.05) is 31.0 Å². The van der Waals surface area contributed by atoms with Gasteiger partial charge in [0.15, 0.2) is 0 Å². The van der Waals surface area contributed by atoms with Gasteiger partial charge in [0.05, 0.1) is 0 Å². The molecule has 84 valence electrons. The maximum Gasteiger partial charge on any atom is 0.324 e. The standard InChI is InChI=1S/C11H14N4O/c1-3-15(4-2)11-13-10(14-16-11)9-6-5-7-12-8-9/h5-8H,3-4H2,1-2H3. The maximum absolute atomic E-state index is 5.20. The summed E-state index contributed by atoms with van der Waals surface area (Å²) in [5.41, 5.74) is 0.865. The van der Waals surface area contributed by atoms with Crippen molar-refractivity contribution in [3.8, 4) is 11.4 Å². The van der Waals surface area contributed by atoms with Crippen molar-refractivity contribution in [3.05, 3.63) is 24.5 Å². The normalized spacial score (nSPS) is 10.4. The minimum Gasteiger partial charge on any atom is -0.325 e. The summed E-state index contributed by atoms with van der Waals surface area (Å²) < 4.78 is 5.20. The first-order chi connectivity index (χ1) is 7.85. The quantitative estimate of drug-likeness (QED) is 0.785. The lowest BCUT2D eigenvalue weighted by Crippen LogP contribution is -2.21. The van der Waals surface area contributed by atoms with Crippen LogP contribution in [-0.2, 0) is 0 Å². The van der Waals surface area contributed by atoms with Gasteiger partial charge >= 0.3 is 6.01 Å². The van der Waals surface area contributed by atoms with E-state index in [2.05, 4.69) is 29.0 Å². The molecule has 0 amide bonds. The average molecular weight is 218 g/mol. The number of anilines is 1. The summed E-state index contributed by atoms with van der Waals surface area (Å²) in [6.45, 7) is 5.81. The number of nitrogens with zero attached hydrogens (tertiary/aromatic N) is 4. The van der Waals surface area contributed by atoms with Gasteiger partial charge in [-0.25, -0.2) is 0 Å². The highest BCUT2D eigenvalue weighted by Gasteiger charge is 2.12. The van der Waals surface area contributed by atoms with Crippen molar-refractivity contribution < 1.29 is 4.52 Å². The molecule has 0 saturated heterocycles. The fourth-order valence-electron chi connectivity index (χ4n) is 1.45. The van der Waals surface area contributed by atoms with Crippen molar-refractivity contribution in [2.45, 2.75) is 13.8 Å². The molecule has 0 bridgehead atoms. The van der Waals surface area contributed by atoms with E-state index in [1.807, 2.05) is 17.0 Å². The minimum absolute atomic E-state index is 0.559. The largest absolute Gasteiger partial charge is 0.325 e. The Morgan fingerprint density at radius 1 is 1.31 bits per heavy atom. The molecule has 5 nitrogen and oxygen atoms in total. The fraction of sp³-hybridized carbons (Fsp3) is 0.364. The molecule has 0 aliphatic heterocycles. The van der Waals surface area contributed by atoms with Crippen LogP contribution in [0.15, 0.2) is 29.0 Å². The molecule has 2 rings (SSSR count). The Balaban J connectivity index is 2.26. The third kappa shape index (κ3) is 2.03. The Bertz CT molecular complexity index is 436. The molecule has 0 fully saturated rings. The molecule has 0 aliphatic carbocycles. The molecule has 2 aromatic heterocycles. The van der Waals surface area contributed by atoms with Crippen LogP contribution in [-0.4, -0.2) is 28.2 Å². The summed E-state index contributed by atoms with van der Waals surface area (Å²) in [4.78, 5) is 10.4. The molecule has 2 aromatic rings. The first-order valence-corrected chi connectivity index (χ1v) is 5.34. The second-order valence-electron chi connectivity index (χ2n) is 3.31. The molecule has 0 saturated carbocycles. The van der Waals surface area contributed by atoms with Gasteiger partial charge in [0.2, 0.25) is 5.82 Å². The van der Waals surface area contributed by atoms with Crippen molar-refractivity contribution in [2.75, 3.05) is 18.0 Å². The zero-order valence-electron chi connectivity index (χ0n) is 9.42. The monoisotopic (exact) mass is 218 g/mol. The molecule has 0 atom stereocenters. The molecular weight excluding hydrogens is 204 g/mol. The SMILES string of the molecule is CCN(CC)c1nc(-c2cccnc2)no1. The van der Waals surface area contributed by atoms with Gasteiger partial charge in [-0.15, -0.1) is 0 Å². The Kier molecular flexibility index (Phi) is 3.14. The van der Waals surface area contributed by atoms with E-state index >= 15 is 0 Å². The summed E-state index contributed by atoms with van der Waals surface area (Å²) >= 11 is 0. The van der Waals surface area contributed by atoms with Gasteiger partial charge < -0.3 is 9.42 Å². The molecule has 2 heterocycles. The van der Waals surface area contributed by atoms with Gasteiger partial charge in [-0.3, -0.25) is 4.98 Å². The van der Waals surface area contributed by atoms with E-state index in [9.17, 15) is 0 Å². The van der Waals surface area contributed by atoms with Crippen molar-refractivity contribution in [1.29, 1.82) is 0 Å². The van der Waals surface area contributed by atoms with Gasteiger partial charge in [-0.05, 0) is 26.0 Å². The van der Waals surface area contributed by atoms with Crippen molar-refractivity contribution >= 4 is 6.01 Å². The number of aromatic nitrogens is 3. The highest BCUT2D eigenvalue weighted by molar-refractivity contribution is 5.53. The van der Waals surface area contributed by atoms with Crippen LogP contribution in [0.1, 0.15) is 13.8 Å². The van der Waals surface area contributed by atoms with E-state index in [0.717, 1.165) is 18.7 Å². The summed E-state index contributed by atoms with van der Waals surface area (Å²) in [5, 5.41) is 3.94. The summed E-state index contributed by atoms with van der Waals surface area (Å²) in [7, 11) is 0. The highest BCUT2D eigenvalue weighted by atomic mass is 16.5. The van der Waals surface area contributed by atoms with E-state index in [0.29, 0.717) is 11.8 Å². The molecule has 0 aromatic carbocycles. The number of hydrogen-bond acceptors (Lipinski definition) is 5. The van der Waals surface area contributed by atoms with Crippen LogP contribution in [0.3, 0.4) is 0 Å². The third-order valence-corrected chi connectivity index (χ3v) is 2.37. The lowest BCUT2D eigenvalue weighted by Gasteiger charge is -2.13. The number of rotatable bonds is 4. The molecule has 0 spiro atoms. The Morgan fingerprint density at radius 2 is 2.12 bits per heavy atom. The third-order valence-electron chi connectivity index (χ3n) is 2.37. The molecule has 0 aliphatic rings. The van der Waals surface area contributed by atoms with E-state index in [-0.39, 0.29) is 0 Å². The highest BCUT2D eigenvalue weighted by Crippen LogP contribution is 2.18. The smallest absolute Gasteiger partial charge is 0.324 e. The van der Waals surface area contributed by atoms with Gasteiger partial charge in [0.1, 0.15) is 0 Å². The molecule has 0 radical (unpaired) electrons. The van der Waals surface area contributed by atoms with Gasteiger partial charge in [0.25, 0.3) is 0 Å². The maximum atomic E-state index is 5.20. The second kappa shape index (κ2) is 4.74. The molecular formula is C11H14N4O. The predicted octanol–water partition coefficient (Wildman–Crippen LogP) is 1.98. The lowest BCUT2D eigenvalue weighted by molar-refractivity contribution is 0.416. The minimum atomic E-state index is 0.559. The van der Waals surface area contributed by atoms with Crippen molar-refractivity contribution in [3.63, 3.8) is 0 Å². The van der Waals surface area contributed by atoms with E-state index < -0.39 is 0 Å². The van der Waals surface area contributed by atoms with Gasteiger partial charge in [-0.1, -0.05) is 5.16 Å². The van der Waals surface area contributed by atoms with E-state index in [4.69, 9.17) is 4.52 Å². The zero-order chi connectivity index (χ0) is 11.4. The fourth-order valence-corrected chi connectivity index (χ4v) is 1.45. The van der Waals surface area contributed by atoms with Crippen LogP contribution in [0.25, 0.3) is 11.4 Å². The number of pyridine rings is 1. The first-order valence-electron chi connectivity index (χ1n) is 5.34. The molecule has 0 unspecified atom stereocenters. The summed E-state index contributed by atoms with van der Waals surface area (Å²) in [6.07, 6.45) is 3.44. The van der Waals surface area contributed by atoms with E-state index in [1.54, 1.807) is 12.4 Å². The average Bonchev–Trinajstić information content (AvgIpc) is 2.81. The van der Waals surface area contributed by atoms with Crippen LogP contribution >= 0.6 is 0 Å². The Hall–Kier alpha value is -1.91. The predicted molar refractivity (Wildman–Crippen MR) is 61.1 cm³/mol. The Labute approximate surface area is 94.1 Å². The van der Waals surface area contributed by atoms with E-state index in [1.165, 1.54) is 0 Å². The first kappa shape index (κ1) is 10.6. The molecule has 16 heavy (non-hydrogen) atoms. The lowest BCUT2D eigenvalue weighted by atomic mass is 10.3. The topological polar surface area (TPSA) is 55.1 Å². The Morgan fingerprint density at radius 3 is 2.75 bits per heavy atom. The van der Waals surface area contributed by atoms with Crippen molar-refractivity contribution in [1.82, 2.24) is 15.1 Å². The van der Waals surface area contributed by atoms with Crippen LogP contribution in [0.4, 0.5) is 6.01 Å². The van der Waals surface area contributed by atoms with Gasteiger partial charge in [-0.2, -0.15) is 4.98 Å². The number of hydrogen-bond donors (Lipinski definition) is 0. The summed E-state index contributed by atoms with van der Waals surface area (Å²) in [6, 6.07) is 4.32. The van der Waals surface area contributed by atoms with Crippen LogP contribution < -0.4 is 4.90 Å².